The van der Waals surface area contributed by atoms with Crippen molar-refractivity contribution in [3.63, 3.8) is 0 Å². The van der Waals surface area contributed by atoms with E-state index >= 15 is 0 Å². The molecule has 4 nitrogen and oxygen atoms in total. The van der Waals surface area contributed by atoms with E-state index < -0.39 is 0 Å². The van der Waals surface area contributed by atoms with Gasteiger partial charge in [0.15, 0.2) is 0 Å². The maximum Gasteiger partial charge on any atom is 0.255 e. The summed E-state index contributed by atoms with van der Waals surface area (Å²) < 4.78 is 0.747. The average molecular weight is 369 g/mol. The zero-order chi connectivity index (χ0) is 15.4. The molecule has 1 aromatic heterocycles. The summed E-state index contributed by atoms with van der Waals surface area (Å²) in [7, 11) is 1.73. The lowest BCUT2D eigenvalue weighted by molar-refractivity contribution is 0.0940. The largest absolute Gasteiger partial charge is 0.372 e. The second-order valence-corrected chi connectivity index (χ2v) is 5.84. The van der Waals surface area contributed by atoms with Gasteiger partial charge in [0.2, 0.25) is 0 Å². The molecule has 0 spiro atoms. The fourth-order valence-electron chi connectivity index (χ4n) is 1.99. The molecule has 21 heavy (non-hydrogen) atoms. The van der Waals surface area contributed by atoms with Crippen LogP contribution in [0.2, 0.25) is 5.02 Å². The molecule has 110 valence electrons. The Morgan fingerprint density at radius 2 is 2.10 bits per heavy atom. The first kappa shape index (κ1) is 15.8. The predicted octanol–water partition coefficient (Wildman–Crippen LogP) is 4.03. The Bertz CT molecular complexity index is 663. The van der Waals surface area contributed by atoms with E-state index in [1.54, 1.807) is 25.4 Å². The zero-order valence-corrected chi connectivity index (χ0v) is 14.0. The van der Waals surface area contributed by atoms with Crippen LogP contribution in [0.1, 0.15) is 28.9 Å². The van der Waals surface area contributed by atoms with Gasteiger partial charge in [-0.1, -0.05) is 29.8 Å². The number of anilines is 1. The van der Waals surface area contributed by atoms with Gasteiger partial charge in [-0.05, 0) is 40.5 Å². The van der Waals surface area contributed by atoms with Gasteiger partial charge < -0.3 is 10.6 Å². The van der Waals surface area contributed by atoms with Gasteiger partial charge in [0, 0.05) is 22.7 Å². The summed E-state index contributed by atoms with van der Waals surface area (Å²) in [6.07, 6.45) is 1.64. The van der Waals surface area contributed by atoms with Crippen LogP contribution in [0.5, 0.6) is 0 Å². The Kier molecular flexibility index (Phi) is 5.20. The minimum atomic E-state index is -0.208. The van der Waals surface area contributed by atoms with E-state index in [9.17, 15) is 4.79 Å². The summed E-state index contributed by atoms with van der Waals surface area (Å²) in [6, 6.07) is 8.98. The average Bonchev–Trinajstić information content (AvgIpc) is 2.47. The quantitative estimate of drug-likeness (QED) is 0.856. The highest BCUT2D eigenvalue weighted by Crippen LogP contribution is 2.23. The van der Waals surface area contributed by atoms with Crippen LogP contribution in [-0.2, 0) is 0 Å². The fraction of sp³-hybridized carbons (Fsp3) is 0.200. The van der Waals surface area contributed by atoms with Crippen molar-refractivity contribution in [2.75, 3.05) is 12.4 Å². The topological polar surface area (TPSA) is 54.0 Å². The third-order valence-electron chi connectivity index (χ3n) is 3.06. The SMILES string of the molecule is CNc1ncc(Br)cc1C(=O)NC(C)c1ccccc1Cl. The molecule has 0 aliphatic heterocycles. The van der Waals surface area contributed by atoms with Gasteiger partial charge in [0.25, 0.3) is 5.91 Å². The summed E-state index contributed by atoms with van der Waals surface area (Å²) in [5.74, 6) is 0.322. The molecule has 1 heterocycles. The van der Waals surface area contributed by atoms with Crippen LogP contribution in [0.15, 0.2) is 41.0 Å². The Hall–Kier alpha value is -1.59. The highest BCUT2D eigenvalue weighted by Gasteiger charge is 2.17. The Balaban J connectivity index is 2.22. The van der Waals surface area contributed by atoms with Gasteiger partial charge in [-0.3, -0.25) is 4.79 Å². The number of benzene rings is 1. The fourth-order valence-corrected chi connectivity index (χ4v) is 2.62. The molecule has 0 fully saturated rings. The molecule has 0 aliphatic rings. The molecule has 0 bridgehead atoms. The van der Waals surface area contributed by atoms with E-state index in [2.05, 4.69) is 31.5 Å². The van der Waals surface area contributed by atoms with Crippen LogP contribution in [-0.4, -0.2) is 17.9 Å². The standard InChI is InChI=1S/C15H15BrClN3O/c1-9(11-5-3-4-6-13(11)17)20-15(21)12-7-10(16)8-19-14(12)18-2/h3-9H,1-2H3,(H,18,19)(H,20,21). The number of aromatic nitrogens is 1. The van der Waals surface area contributed by atoms with Crippen molar-refractivity contribution in [3.8, 4) is 0 Å². The van der Waals surface area contributed by atoms with E-state index in [1.165, 1.54) is 0 Å². The minimum Gasteiger partial charge on any atom is -0.372 e. The van der Waals surface area contributed by atoms with Crippen molar-refractivity contribution in [3.05, 3.63) is 57.2 Å². The normalized spacial score (nSPS) is 11.8. The molecular formula is C15H15BrClN3O. The molecule has 6 heteroatoms. The molecule has 1 aromatic carbocycles. The van der Waals surface area contributed by atoms with Gasteiger partial charge in [-0.25, -0.2) is 4.98 Å². The molecule has 0 saturated heterocycles. The van der Waals surface area contributed by atoms with Crippen LogP contribution in [0.25, 0.3) is 0 Å². The van der Waals surface area contributed by atoms with E-state index in [-0.39, 0.29) is 11.9 Å². The Labute approximate surface area is 137 Å². The predicted molar refractivity (Wildman–Crippen MR) is 88.8 cm³/mol. The molecule has 1 atom stereocenters. The number of nitrogens with zero attached hydrogens (tertiary/aromatic N) is 1. The number of halogens is 2. The molecule has 2 rings (SSSR count). The summed E-state index contributed by atoms with van der Waals surface area (Å²) in [5, 5.41) is 6.47. The van der Waals surface area contributed by atoms with Crippen molar-refractivity contribution >= 4 is 39.3 Å². The number of carbonyl (C=O) groups is 1. The van der Waals surface area contributed by atoms with E-state index in [0.717, 1.165) is 10.0 Å². The number of carbonyl (C=O) groups excluding carboxylic acids is 1. The monoisotopic (exact) mass is 367 g/mol. The Morgan fingerprint density at radius 1 is 1.38 bits per heavy atom. The second kappa shape index (κ2) is 6.91. The molecular weight excluding hydrogens is 354 g/mol. The molecule has 2 aromatic rings. The molecule has 0 saturated carbocycles. The number of hydrogen-bond acceptors (Lipinski definition) is 3. The smallest absolute Gasteiger partial charge is 0.255 e. The van der Waals surface area contributed by atoms with Crippen LogP contribution in [0.4, 0.5) is 5.82 Å². The first-order chi connectivity index (χ1) is 10.0. The zero-order valence-electron chi connectivity index (χ0n) is 11.7. The minimum absolute atomic E-state index is 0.199. The van der Waals surface area contributed by atoms with Crippen LogP contribution in [0, 0.1) is 0 Å². The molecule has 1 amide bonds. The van der Waals surface area contributed by atoms with Gasteiger partial charge in [-0.15, -0.1) is 0 Å². The summed E-state index contributed by atoms with van der Waals surface area (Å²) in [4.78, 5) is 16.6. The maximum absolute atomic E-state index is 12.4. The maximum atomic E-state index is 12.4. The van der Waals surface area contributed by atoms with Gasteiger partial charge in [0.1, 0.15) is 5.82 Å². The lowest BCUT2D eigenvalue weighted by Crippen LogP contribution is -2.27. The number of amides is 1. The number of hydrogen-bond donors (Lipinski definition) is 2. The van der Waals surface area contributed by atoms with Gasteiger partial charge in [0.05, 0.1) is 11.6 Å². The molecule has 0 aliphatic carbocycles. The van der Waals surface area contributed by atoms with E-state index in [4.69, 9.17) is 11.6 Å². The highest BCUT2D eigenvalue weighted by atomic mass is 79.9. The van der Waals surface area contributed by atoms with Crippen LogP contribution in [0.3, 0.4) is 0 Å². The van der Waals surface area contributed by atoms with Crippen molar-refractivity contribution in [1.82, 2.24) is 10.3 Å². The van der Waals surface area contributed by atoms with E-state index in [0.29, 0.717) is 16.4 Å². The number of nitrogens with one attached hydrogen (secondary N) is 2. The lowest BCUT2D eigenvalue weighted by atomic mass is 10.1. The lowest BCUT2D eigenvalue weighted by Gasteiger charge is -2.17. The second-order valence-electron chi connectivity index (χ2n) is 4.52. The highest BCUT2D eigenvalue weighted by molar-refractivity contribution is 9.10. The van der Waals surface area contributed by atoms with Crippen molar-refractivity contribution in [2.24, 2.45) is 0 Å². The third-order valence-corrected chi connectivity index (χ3v) is 3.83. The summed E-state index contributed by atoms with van der Waals surface area (Å²) >= 11 is 9.47. The van der Waals surface area contributed by atoms with Crippen LogP contribution >= 0.6 is 27.5 Å². The summed E-state index contributed by atoms with van der Waals surface area (Å²) in [6.45, 7) is 1.89. The van der Waals surface area contributed by atoms with Crippen molar-refractivity contribution in [2.45, 2.75) is 13.0 Å². The van der Waals surface area contributed by atoms with Gasteiger partial charge in [-0.2, -0.15) is 0 Å². The first-order valence-electron chi connectivity index (χ1n) is 6.41. The number of pyridine rings is 1. The molecule has 2 N–H and O–H groups in total. The summed E-state index contributed by atoms with van der Waals surface area (Å²) in [5.41, 5.74) is 1.35. The molecule has 1 unspecified atom stereocenters. The van der Waals surface area contributed by atoms with E-state index in [1.807, 2.05) is 25.1 Å². The van der Waals surface area contributed by atoms with Crippen molar-refractivity contribution < 1.29 is 4.79 Å². The third kappa shape index (κ3) is 3.74. The number of rotatable bonds is 4. The van der Waals surface area contributed by atoms with Crippen LogP contribution < -0.4 is 10.6 Å². The van der Waals surface area contributed by atoms with Crippen molar-refractivity contribution in [1.29, 1.82) is 0 Å². The van der Waals surface area contributed by atoms with Gasteiger partial charge >= 0.3 is 0 Å². The Morgan fingerprint density at radius 3 is 2.76 bits per heavy atom. The molecule has 0 radical (unpaired) electrons. The first-order valence-corrected chi connectivity index (χ1v) is 7.58.